The van der Waals surface area contributed by atoms with Gasteiger partial charge in [0.15, 0.2) is 23.5 Å². The number of epoxide rings is 1. The average molecular weight is 1000 g/mol. The summed E-state index contributed by atoms with van der Waals surface area (Å²) in [6.07, 6.45) is 23.8. The molecule has 0 spiro atoms. The lowest BCUT2D eigenvalue weighted by Gasteiger charge is -2.69. The van der Waals surface area contributed by atoms with E-state index in [2.05, 4.69) is 92.8 Å². The van der Waals surface area contributed by atoms with E-state index in [9.17, 15) is 19.2 Å². The molecule has 8 fully saturated rings. The van der Waals surface area contributed by atoms with Crippen LogP contribution in [0.1, 0.15) is 231 Å². The van der Waals surface area contributed by atoms with Crippen LogP contribution in [0.15, 0.2) is 35.1 Å². The summed E-state index contributed by atoms with van der Waals surface area (Å²) in [7, 11) is 2.50. The molecular weight excluding hydrogens is 901 g/mol. The molecule has 0 unspecified atom stereocenters. The van der Waals surface area contributed by atoms with E-state index < -0.39 is 33.5 Å². The third-order valence-electron chi connectivity index (χ3n) is 26.3. The van der Waals surface area contributed by atoms with Gasteiger partial charge in [-0.25, -0.2) is 11.4 Å². The molecule has 0 aromatic heterocycles. The first-order chi connectivity index (χ1) is 34.7. The highest BCUT2D eigenvalue weighted by atomic mass is 16.6. The first kappa shape index (κ1) is 53.2. The Labute approximate surface area is 446 Å². The van der Waals surface area contributed by atoms with E-state index >= 15 is 0 Å². The zero-order valence-corrected chi connectivity index (χ0v) is 49.0. The van der Waals surface area contributed by atoms with E-state index in [1.165, 1.54) is 77.3 Å². The number of nitrogens with zero attached hydrogens (tertiary/aromatic N) is 2. The lowest BCUT2D eigenvalue weighted by Crippen LogP contribution is -2.67. The van der Waals surface area contributed by atoms with Crippen LogP contribution in [0.3, 0.4) is 0 Å². The Hall–Kier alpha value is -3.16. The Balaban J connectivity index is 0.000000187. The summed E-state index contributed by atoms with van der Waals surface area (Å²) >= 11 is 0. The van der Waals surface area contributed by atoms with Crippen LogP contribution in [0.5, 0.6) is 0 Å². The zero-order chi connectivity index (χ0) is 56.1. The molecule has 7 nitrogen and oxygen atoms in total. The van der Waals surface area contributed by atoms with Gasteiger partial charge >= 0.3 is 5.72 Å². The summed E-state index contributed by atoms with van der Waals surface area (Å²) < 4.78 is 17.6. The smallest absolute Gasteiger partial charge is 0.307 e. The number of allylic oxidation sites excluding steroid dienone is 5. The van der Waals surface area contributed by atoms with Crippen LogP contribution in [-0.2, 0) is 23.9 Å². The molecule has 11 rings (SSSR count). The molecule has 73 heavy (non-hydrogen) atoms. The van der Waals surface area contributed by atoms with Gasteiger partial charge in [0.2, 0.25) is 5.70 Å². The van der Waals surface area contributed by atoms with Gasteiger partial charge in [0, 0.05) is 36.2 Å². The first-order valence-corrected chi connectivity index (χ1v) is 28.5. The monoisotopic (exact) mass is 1000 g/mol. The van der Waals surface area contributed by atoms with Crippen molar-refractivity contribution in [3.63, 3.8) is 0 Å². The molecule has 1 aliphatic heterocycles. The van der Waals surface area contributed by atoms with Gasteiger partial charge in [-0.15, -0.1) is 0 Å². The third-order valence-corrected chi connectivity index (χ3v) is 26.3. The normalized spacial score (nSPS) is 49.8. The van der Waals surface area contributed by atoms with E-state index in [-0.39, 0.29) is 78.8 Å². The fourth-order valence-electron chi connectivity index (χ4n) is 21.5. The van der Waals surface area contributed by atoms with Gasteiger partial charge in [-0.3, -0.25) is 24.0 Å². The molecule has 0 amide bonds. The number of Topliss-reactive ketones (excluding diaryl/α,β-unsaturated/α-hetero) is 2. The molecule has 0 N–H and O–H groups in total. The highest BCUT2D eigenvalue weighted by Crippen LogP contribution is 2.79. The number of ether oxygens (including phenoxy) is 1. The summed E-state index contributed by atoms with van der Waals surface area (Å²) in [5.74, 6) is 1.78. The number of fused-ring (bicyclic) bond motifs is 16. The molecule has 11 aliphatic rings. The van der Waals surface area contributed by atoms with Crippen molar-refractivity contribution in [2.75, 3.05) is 0 Å². The van der Waals surface area contributed by atoms with Gasteiger partial charge in [-0.2, -0.15) is 0 Å². The lowest BCUT2D eigenvalue weighted by atomic mass is 9.33. The maximum Gasteiger partial charge on any atom is 0.424 e. The Kier molecular flexibility index (Phi) is 12.0. The third kappa shape index (κ3) is 6.73. The molecule has 10 aliphatic carbocycles. The maximum absolute atomic E-state index is 14.4. The summed E-state index contributed by atoms with van der Waals surface area (Å²) in [4.78, 5) is 62.9. The molecule has 0 aromatic carbocycles. The number of hydrogen-bond acceptors (Lipinski definition) is 5. The Morgan fingerprint density at radius 1 is 0.603 bits per heavy atom. The second kappa shape index (κ2) is 16.4. The topological polar surface area (TPSA) is 89.5 Å². The van der Waals surface area contributed by atoms with Crippen molar-refractivity contribution in [2.24, 2.45) is 100 Å². The standard InChI is InChI=1S/C32H45NO3.C32H45NO2.2CH4/c1-10-31-15-13-26(2,3)18-19(31)23-20(34)17-22-28(6,29(23,7)14-16-31)12-11-21-27(4,5)24(35)32(33-9)25(36-32)30(21,22)8;1-10-32-15-13-27(2,3)18-20(32)25-22(34)17-24-29(6)19-21(33-9)26(35)28(4,5)23(29)11-12-30(24,7)31(25,8)14-16-32;;/h17,19,21,23,25H,10-16,18H2,1-8H3;17,19-20,23,25H,10-16,18H2,1-8H3;2*1H4/t19-,21-,23-,25+,28+,29+,30-,31+,32-;20-,23-,25-,29-,30+,31+,32+;;/m00../s1/i;;2*1T. The van der Waals surface area contributed by atoms with Gasteiger partial charge in [-0.05, 0) is 169 Å². The van der Waals surface area contributed by atoms with Crippen molar-refractivity contribution in [3.05, 3.63) is 57.9 Å². The Morgan fingerprint density at radius 3 is 1.49 bits per heavy atom. The van der Waals surface area contributed by atoms with Crippen LogP contribution in [-0.4, -0.2) is 35.0 Å². The minimum Gasteiger partial charge on any atom is -0.307 e. The predicted octanol–water partition coefficient (Wildman–Crippen LogP) is 16.4. The summed E-state index contributed by atoms with van der Waals surface area (Å²) in [6, 6.07) is 0. The van der Waals surface area contributed by atoms with E-state index in [1.54, 1.807) is 0 Å². The number of hydrogen-bond donors (Lipinski definition) is 0. The highest BCUT2D eigenvalue weighted by Gasteiger charge is 2.87. The molecular formula is C66H98N2O5. The second-order valence-electron chi connectivity index (χ2n) is 30.6. The van der Waals surface area contributed by atoms with Crippen molar-refractivity contribution < 1.29 is 26.7 Å². The van der Waals surface area contributed by atoms with Crippen molar-refractivity contribution in [1.82, 2.24) is 0 Å². The van der Waals surface area contributed by atoms with Crippen LogP contribution < -0.4 is 0 Å². The SMILES string of the molecule is [3H]C.[3H]C.[C-]#[N+]C1=C[C@]2(C)C3=CC(=O)[C@@H]4[C@@H]5CC(C)(C)CC[C@]5(CC)CC[C@@]4(C)[C@]3(C)CC[C@H]2C(C)(C)C1=O.[C-]#[N+][C@@]12O[C@@H]1[C@]1(C)C3=CC(=O)[C@@H]4[C@@H]5CC(C)(C)CC[C@]5(CC)CC[C@@]4(C)[C@]3(C)CC[C@H]1C(C)(C)C2=O. The van der Waals surface area contributed by atoms with Gasteiger partial charge in [0.05, 0.1) is 6.57 Å². The Morgan fingerprint density at radius 2 is 1.04 bits per heavy atom. The lowest BCUT2D eigenvalue weighted by molar-refractivity contribution is -0.175. The molecule has 16 atom stereocenters. The van der Waals surface area contributed by atoms with Crippen LogP contribution in [0, 0.1) is 114 Å². The maximum atomic E-state index is 14.4. The molecule has 7 heteroatoms. The summed E-state index contributed by atoms with van der Waals surface area (Å²) in [5.41, 5.74) is -0.0876. The van der Waals surface area contributed by atoms with E-state index in [1.807, 2.05) is 45.9 Å². The second-order valence-corrected chi connectivity index (χ2v) is 30.6. The van der Waals surface area contributed by atoms with Gasteiger partial charge < -0.3 is 4.79 Å². The molecule has 1 heterocycles. The fourth-order valence-corrected chi connectivity index (χ4v) is 21.5. The van der Waals surface area contributed by atoms with E-state index in [0.29, 0.717) is 28.8 Å². The average Bonchev–Trinajstić information content (AvgIpc) is 4.12. The molecule has 0 bridgehead atoms. The van der Waals surface area contributed by atoms with Gasteiger partial charge in [0.25, 0.3) is 5.78 Å². The number of carbonyl (C=O) groups is 4. The zero-order valence-electron chi connectivity index (χ0n) is 51.0. The van der Waals surface area contributed by atoms with E-state index in [4.69, 9.17) is 20.6 Å². The molecule has 0 radical (unpaired) electrons. The molecule has 0 aromatic rings. The largest absolute Gasteiger partial charge is 0.424 e. The number of ketones is 4. The number of rotatable bonds is 2. The molecule has 402 valence electrons. The number of carbonyl (C=O) groups excluding carboxylic acids is 4. The quantitative estimate of drug-likeness (QED) is 0.203. The highest BCUT2D eigenvalue weighted by molar-refractivity contribution is 6.03. The van der Waals surface area contributed by atoms with Crippen LogP contribution in [0.4, 0.5) is 0 Å². The minimum absolute atomic E-state index is 0.0276. The minimum atomic E-state index is -1.36. The van der Waals surface area contributed by atoms with Crippen LogP contribution >= 0.6 is 0 Å². The molecule has 7 saturated carbocycles. The predicted molar refractivity (Wildman–Crippen MR) is 293 cm³/mol. The van der Waals surface area contributed by atoms with Crippen LogP contribution in [0.2, 0.25) is 0 Å². The van der Waals surface area contributed by atoms with Crippen molar-refractivity contribution in [1.29, 1.82) is 0 Å². The van der Waals surface area contributed by atoms with Gasteiger partial charge in [0.1, 0.15) is 0 Å². The summed E-state index contributed by atoms with van der Waals surface area (Å²) in [5, 5.41) is 0. The Bertz CT molecular complexity index is 2610. The van der Waals surface area contributed by atoms with Crippen molar-refractivity contribution >= 4 is 23.1 Å². The van der Waals surface area contributed by atoms with Crippen molar-refractivity contribution in [2.45, 2.75) is 240 Å². The first-order valence-electron chi connectivity index (χ1n) is 30.5. The fraction of sp³-hybridized carbons (Fsp3) is 0.818. The van der Waals surface area contributed by atoms with Crippen LogP contribution in [0.25, 0.3) is 9.69 Å². The van der Waals surface area contributed by atoms with Crippen molar-refractivity contribution in [3.8, 4) is 0 Å². The van der Waals surface area contributed by atoms with Gasteiger partial charge in [-0.1, -0.05) is 156 Å². The summed E-state index contributed by atoms with van der Waals surface area (Å²) in [6.45, 7) is 52.2. The van der Waals surface area contributed by atoms with E-state index in [0.717, 1.165) is 51.4 Å². The molecule has 1 saturated heterocycles.